The Balaban J connectivity index is 2.52. The largest absolute Gasteiger partial charge is 0.480 e. The lowest BCUT2D eigenvalue weighted by Gasteiger charge is -2.14. The van der Waals surface area contributed by atoms with Crippen LogP contribution in [0.5, 0.6) is 0 Å². The first-order valence-electron chi connectivity index (χ1n) is 6.54. The van der Waals surface area contributed by atoms with Gasteiger partial charge in [-0.3, -0.25) is 4.79 Å². The van der Waals surface area contributed by atoms with Crippen molar-refractivity contribution in [2.75, 3.05) is 5.75 Å². The highest BCUT2D eigenvalue weighted by Gasteiger charge is 2.19. The van der Waals surface area contributed by atoms with Crippen molar-refractivity contribution in [1.82, 2.24) is 5.32 Å². The second kappa shape index (κ2) is 9.18. The Hall–Kier alpha value is -0.910. The van der Waals surface area contributed by atoms with Gasteiger partial charge in [0.05, 0.1) is 10.8 Å². The number of aliphatic carboxylic acids is 1. The Labute approximate surface area is 138 Å². The average Bonchev–Trinajstić information content (AvgIpc) is 2.44. The Bertz CT molecular complexity index is 511. The fourth-order valence-electron chi connectivity index (χ4n) is 1.63. The molecular weight excluding hydrogens is 333 g/mol. The molecule has 0 aromatic heterocycles. The Morgan fingerprint density at radius 3 is 2.71 bits per heavy atom. The summed E-state index contributed by atoms with van der Waals surface area (Å²) >= 11 is 13.1. The number of benzene rings is 1. The van der Waals surface area contributed by atoms with E-state index in [1.54, 1.807) is 18.2 Å². The van der Waals surface area contributed by atoms with Crippen LogP contribution in [-0.2, 0) is 9.59 Å². The molecule has 1 rings (SSSR count). The van der Waals surface area contributed by atoms with Gasteiger partial charge in [0.1, 0.15) is 6.04 Å². The van der Waals surface area contributed by atoms with Crippen molar-refractivity contribution in [3.8, 4) is 0 Å². The third-order valence-electron chi connectivity index (χ3n) is 2.73. The Kier molecular flexibility index (Phi) is 7.93. The zero-order valence-corrected chi connectivity index (χ0v) is 13.9. The summed E-state index contributed by atoms with van der Waals surface area (Å²) in [5, 5.41) is 12.6. The molecule has 1 amide bonds. The van der Waals surface area contributed by atoms with Crippen LogP contribution in [0.4, 0.5) is 0 Å². The molecule has 0 saturated carbocycles. The summed E-state index contributed by atoms with van der Waals surface area (Å²) in [6.07, 6.45) is 2.07. The van der Waals surface area contributed by atoms with Crippen molar-refractivity contribution in [2.24, 2.45) is 0 Å². The zero-order chi connectivity index (χ0) is 15.8. The maximum absolute atomic E-state index is 11.8. The number of hydrogen-bond acceptors (Lipinski definition) is 3. The van der Waals surface area contributed by atoms with Crippen molar-refractivity contribution in [1.29, 1.82) is 0 Å². The number of halogens is 2. The van der Waals surface area contributed by atoms with Gasteiger partial charge in [-0.05, 0) is 24.6 Å². The van der Waals surface area contributed by atoms with Crippen LogP contribution in [0.3, 0.4) is 0 Å². The van der Waals surface area contributed by atoms with Crippen molar-refractivity contribution in [3.63, 3.8) is 0 Å². The molecule has 0 bridgehead atoms. The van der Waals surface area contributed by atoms with E-state index in [2.05, 4.69) is 5.32 Å². The van der Waals surface area contributed by atoms with E-state index in [-0.39, 0.29) is 11.7 Å². The summed E-state index contributed by atoms with van der Waals surface area (Å²) < 4.78 is 0. The number of carbonyl (C=O) groups is 2. The Morgan fingerprint density at radius 1 is 1.38 bits per heavy atom. The minimum atomic E-state index is -1.01. The minimum absolute atomic E-state index is 0.0932. The van der Waals surface area contributed by atoms with E-state index in [1.165, 1.54) is 11.8 Å². The number of unbranched alkanes of at least 4 members (excludes halogenated alkanes) is 1. The molecule has 1 aromatic carbocycles. The minimum Gasteiger partial charge on any atom is -0.480 e. The van der Waals surface area contributed by atoms with Gasteiger partial charge in [0.2, 0.25) is 5.91 Å². The van der Waals surface area contributed by atoms with E-state index in [0.717, 1.165) is 12.8 Å². The molecular formula is C14H17Cl2NO3S. The molecule has 21 heavy (non-hydrogen) atoms. The lowest BCUT2D eigenvalue weighted by atomic mass is 10.1. The molecule has 0 aliphatic rings. The van der Waals surface area contributed by atoms with Crippen molar-refractivity contribution >= 4 is 46.8 Å². The lowest BCUT2D eigenvalue weighted by Crippen LogP contribution is -2.41. The van der Waals surface area contributed by atoms with Gasteiger partial charge in [0.15, 0.2) is 0 Å². The van der Waals surface area contributed by atoms with Crippen molar-refractivity contribution in [2.45, 2.75) is 37.1 Å². The fourth-order valence-corrected chi connectivity index (χ4v) is 2.94. The normalized spacial score (nSPS) is 12.0. The standard InChI is InChI=1S/C14H17Cl2NO3S/c1-2-3-4-11(14(19)20)17-13(18)8-21-12-7-9(15)5-6-10(12)16/h5-7,11H,2-4,8H2,1H3,(H,17,18)(H,19,20)/t11-/m0/s1. The monoisotopic (exact) mass is 349 g/mol. The van der Waals surface area contributed by atoms with E-state index in [9.17, 15) is 9.59 Å². The molecule has 0 fully saturated rings. The number of hydrogen-bond donors (Lipinski definition) is 2. The summed E-state index contributed by atoms with van der Waals surface area (Å²) in [6.45, 7) is 1.97. The second-order valence-corrected chi connectivity index (χ2v) is 6.32. The van der Waals surface area contributed by atoms with Crippen LogP contribution in [0.2, 0.25) is 10.0 Å². The predicted octanol–water partition coefficient (Wildman–Crippen LogP) is 3.85. The number of carbonyl (C=O) groups excluding carboxylic acids is 1. The van der Waals surface area contributed by atoms with Crippen LogP contribution in [0, 0.1) is 0 Å². The second-order valence-electron chi connectivity index (χ2n) is 4.46. The zero-order valence-electron chi connectivity index (χ0n) is 11.6. The lowest BCUT2D eigenvalue weighted by molar-refractivity contribution is -0.141. The predicted molar refractivity (Wildman–Crippen MR) is 86.3 cm³/mol. The maximum Gasteiger partial charge on any atom is 0.326 e. The van der Waals surface area contributed by atoms with Gasteiger partial charge >= 0.3 is 5.97 Å². The molecule has 2 N–H and O–H groups in total. The van der Waals surface area contributed by atoms with Crippen LogP contribution in [0.15, 0.2) is 23.1 Å². The van der Waals surface area contributed by atoms with Gasteiger partial charge in [0.25, 0.3) is 0 Å². The van der Waals surface area contributed by atoms with Crippen molar-refractivity contribution in [3.05, 3.63) is 28.2 Å². The molecule has 116 valence electrons. The van der Waals surface area contributed by atoms with Crippen LogP contribution in [0.25, 0.3) is 0 Å². The SMILES string of the molecule is CCCC[C@H](NC(=O)CSc1cc(Cl)ccc1Cl)C(=O)O. The molecule has 0 aliphatic heterocycles. The molecule has 0 spiro atoms. The van der Waals surface area contributed by atoms with E-state index >= 15 is 0 Å². The summed E-state index contributed by atoms with van der Waals surface area (Å²) in [5.74, 6) is -1.25. The van der Waals surface area contributed by atoms with Crippen LogP contribution < -0.4 is 5.32 Å². The highest BCUT2D eigenvalue weighted by Crippen LogP contribution is 2.29. The Morgan fingerprint density at radius 2 is 2.10 bits per heavy atom. The molecule has 0 unspecified atom stereocenters. The van der Waals surface area contributed by atoms with Crippen LogP contribution in [-0.4, -0.2) is 28.8 Å². The number of carboxylic acid groups (broad SMARTS) is 1. The summed E-state index contributed by atoms with van der Waals surface area (Å²) in [6, 6.07) is 4.16. The highest BCUT2D eigenvalue weighted by molar-refractivity contribution is 8.00. The quantitative estimate of drug-likeness (QED) is 0.699. The molecule has 4 nitrogen and oxygen atoms in total. The van der Waals surface area contributed by atoms with E-state index < -0.39 is 12.0 Å². The third-order valence-corrected chi connectivity index (χ3v) is 4.46. The van der Waals surface area contributed by atoms with Gasteiger partial charge in [-0.15, -0.1) is 11.8 Å². The highest BCUT2D eigenvalue weighted by atomic mass is 35.5. The average molecular weight is 350 g/mol. The number of carboxylic acids is 1. The number of amides is 1. The van der Waals surface area contributed by atoms with Gasteiger partial charge in [-0.25, -0.2) is 4.79 Å². The molecule has 0 radical (unpaired) electrons. The molecule has 0 saturated heterocycles. The topological polar surface area (TPSA) is 66.4 Å². The number of rotatable bonds is 8. The third kappa shape index (κ3) is 6.59. The molecule has 1 atom stereocenters. The van der Waals surface area contributed by atoms with Crippen LogP contribution >= 0.6 is 35.0 Å². The van der Waals surface area contributed by atoms with Gasteiger partial charge in [0, 0.05) is 9.92 Å². The molecule has 7 heteroatoms. The van der Waals surface area contributed by atoms with E-state index in [1.807, 2.05) is 6.92 Å². The summed E-state index contributed by atoms with van der Waals surface area (Å²) in [4.78, 5) is 23.6. The van der Waals surface area contributed by atoms with Gasteiger partial charge in [-0.1, -0.05) is 43.0 Å². The smallest absolute Gasteiger partial charge is 0.326 e. The first-order valence-corrected chi connectivity index (χ1v) is 8.28. The summed E-state index contributed by atoms with van der Waals surface area (Å²) in [5.41, 5.74) is 0. The summed E-state index contributed by atoms with van der Waals surface area (Å²) in [7, 11) is 0. The number of nitrogens with one attached hydrogen (secondary N) is 1. The van der Waals surface area contributed by atoms with Gasteiger partial charge in [-0.2, -0.15) is 0 Å². The first-order chi connectivity index (χ1) is 9.93. The van der Waals surface area contributed by atoms with E-state index in [0.29, 0.717) is 21.4 Å². The molecule has 0 aliphatic carbocycles. The fraction of sp³-hybridized carbons (Fsp3) is 0.429. The molecule has 0 heterocycles. The van der Waals surface area contributed by atoms with Crippen molar-refractivity contribution < 1.29 is 14.7 Å². The maximum atomic E-state index is 11.8. The van der Waals surface area contributed by atoms with Crippen LogP contribution in [0.1, 0.15) is 26.2 Å². The van der Waals surface area contributed by atoms with E-state index in [4.69, 9.17) is 28.3 Å². The number of thioether (sulfide) groups is 1. The first kappa shape index (κ1) is 18.1. The molecule has 1 aromatic rings. The van der Waals surface area contributed by atoms with Gasteiger partial charge < -0.3 is 10.4 Å².